The van der Waals surface area contributed by atoms with Crippen LogP contribution in [0.15, 0.2) is 36.5 Å². The van der Waals surface area contributed by atoms with E-state index in [0.717, 1.165) is 17.7 Å². The maximum absolute atomic E-state index is 14.6. The number of benzene rings is 1. The molecule has 0 saturated carbocycles. The molecule has 5 rings (SSSR count). The molecule has 2 fully saturated rings. The largest absolute Gasteiger partial charge is 0.474 e. The fourth-order valence-electron chi connectivity index (χ4n) is 6.52. The third-order valence-electron chi connectivity index (χ3n) is 9.01. The van der Waals surface area contributed by atoms with Crippen molar-refractivity contribution in [3.63, 3.8) is 0 Å². The first-order valence-electron chi connectivity index (χ1n) is 17.1. The average molecular weight is 670 g/mol. The Morgan fingerprint density at radius 3 is 2.46 bits per heavy atom. The van der Waals surface area contributed by atoms with Crippen LogP contribution in [0, 0.1) is 5.82 Å². The predicted molar refractivity (Wildman–Crippen MR) is 181 cm³/mol. The predicted octanol–water partition coefficient (Wildman–Crippen LogP) is 4.36. The second-order valence-electron chi connectivity index (χ2n) is 14.6. The molecule has 12 heteroatoms. The lowest BCUT2D eigenvalue weighted by Crippen LogP contribution is -2.65. The van der Waals surface area contributed by atoms with Gasteiger partial charge in [-0.05, 0) is 84.2 Å². The van der Waals surface area contributed by atoms with Gasteiger partial charge in [-0.3, -0.25) is 19.5 Å². The van der Waals surface area contributed by atoms with E-state index in [0.29, 0.717) is 57.4 Å². The second-order valence-corrected chi connectivity index (χ2v) is 14.6. The van der Waals surface area contributed by atoms with Crippen molar-refractivity contribution < 1.29 is 32.9 Å². The third kappa shape index (κ3) is 9.22. The van der Waals surface area contributed by atoms with Crippen molar-refractivity contribution >= 4 is 17.7 Å². The summed E-state index contributed by atoms with van der Waals surface area (Å²) in [6.07, 6.45) is 1.91. The number of hydrogen-bond acceptors (Lipinski definition) is 9. The van der Waals surface area contributed by atoms with Gasteiger partial charge in [-0.15, -0.1) is 0 Å². The van der Waals surface area contributed by atoms with Crippen molar-refractivity contribution in [2.24, 2.45) is 0 Å². The fourth-order valence-corrected chi connectivity index (χ4v) is 6.52. The Morgan fingerprint density at radius 1 is 1.02 bits per heavy atom. The van der Waals surface area contributed by atoms with Crippen LogP contribution in [0.2, 0.25) is 0 Å². The molecule has 1 aromatic heterocycles. The summed E-state index contributed by atoms with van der Waals surface area (Å²) in [6, 6.07) is 7.93. The number of carbonyl (C=O) groups is 2. The van der Waals surface area contributed by atoms with Crippen molar-refractivity contribution in [1.29, 1.82) is 0 Å². The van der Waals surface area contributed by atoms with Crippen LogP contribution in [0.5, 0.6) is 5.88 Å². The number of carbonyl (C=O) groups excluding carboxylic acids is 2. The molecule has 0 radical (unpaired) electrons. The van der Waals surface area contributed by atoms with Gasteiger partial charge in [0.1, 0.15) is 23.7 Å². The van der Waals surface area contributed by atoms with Gasteiger partial charge in [-0.25, -0.2) is 14.2 Å². The zero-order valence-electron chi connectivity index (χ0n) is 29.5. The monoisotopic (exact) mass is 669 g/mol. The highest BCUT2D eigenvalue weighted by Crippen LogP contribution is 2.34. The van der Waals surface area contributed by atoms with Crippen molar-refractivity contribution in [2.75, 3.05) is 64.1 Å². The van der Waals surface area contributed by atoms with Gasteiger partial charge in [-0.2, -0.15) is 0 Å². The summed E-state index contributed by atoms with van der Waals surface area (Å²) in [5.74, 6) is 0.0208. The van der Waals surface area contributed by atoms with Crippen LogP contribution in [0.3, 0.4) is 0 Å². The molecule has 0 bridgehead atoms. The third-order valence-corrected chi connectivity index (χ3v) is 9.01. The molecular weight excluding hydrogens is 617 g/mol. The smallest absolute Gasteiger partial charge is 0.410 e. The molecular formula is C36H52FN5O6. The number of hydrogen-bond donors (Lipinski definition) is 0. The lowest BCUT2D eigenvalue weighted by atomic mass is 10.0. The summed E-state index contributed by atoms with van der Waals surface area (Å²) in [5, 5.41) is 0. The Bertz CT molecular complexity index is 1400. The van der Waals surface area contributed by atoms with Crippen LogP contribution in [0.4, 0.5) is 14.9 Å². The van der Waals surface area contributed by atoms with E-state index in [9.17, 15) is 14.0 Å². The maximum atomic E-state index is 14.6. The van der Waals surface area contributed by atoms with Crippen LogP contribution >= 0.6 is 0 Å². The number of piperazine rings is 1. The van der Waals surface area contributed by atoms with E-state index >= 15 is 0 Å². The minimum atomic E-state index is -0.613. The van der Waals surface area contributed by atoms with E-state index in [-0.39, 0.29) is 61.2 Å². The molecule has 11 nitrogen and oxygen atoms in total. The van der Waals surface area contributed by atoms with Gasteiger partial charge in [0.25, 0.3) is 0 Å². The number of fused-ring (bicyclic) bond motifs is 1. The van der Waals surface area contributed by atoms with E-state index in [2.05, 4.69) is 21.7 Å². The molecule has 4 atom stereocenters. The number of rotatable bonds is 9. The molecule has 4 heterocycles. The topological polar surface area (TPSA) is 96.9 Å². The first-order valence-corrected chi connectivity index (χ1v) is 17.1. The molecule has 0 spiro atoms. The zero-order chi connectivity index (χ0) is 34.6. The van der Waals surface area contributed by atoms with Crippen molar-refractivity contribution in [3.8, 4) is 5.88 Å². The van der Waals surface area contributed by atoms with E-state index in [1.54, 1.807) is 28.1 Å². The summed E-state index contributed by atoms with van der Waals surface area (Å²) in [7, 11) is 0. The summed E-state index contributed by atoms with van der Waals surface area (Å²) in [6.45, 7) is 18.1. The lowest BCUT2D eigenvalue weighted by molar-refractivity contribution is -0.123. The maximum Gasteiger partial charge on any atom is 0.410 e. The highest BCUT2D eigenvalue weighted by atomic mass is 19.1. The normalized spacial score (nSPS) is 23.9. The number of anilines is 1. The zero-order valence-corrected chi connectivity index (χ0v) is 29.5. The number of ether oxygens (including phenoxy) is 4. The standard InChI is InChI=1S/C36H52FN5O6/c1-24(2)46-22-31-23-47-34-32(15-28(16-38-34)14-27-8-10-29(37)11-9-27)42(31)33(43)20-40-17-25(3)41(35(44)48-36(5,6)7)19-30(40)18-39-12-13-45-21-26(39)4/h8-11,15-16,24-26,30-31H,12-14,17-23H2,1-7H3/t25-,26-,30+,31+/m1/s1. The Kier molecular flexibility index (Phi) is 11.6. The molecule has 2 aromatic rings. The van der Waals surface area contributed by atoms with Crippen molar-refractivity contribution in [3.05, 3.63) is 53.5 Å². The molecule has 264 valence electrons. The van der Waals surface area contributed by atoms with E-state index < -0.39 is 5.60 Å². The first-order chi connectivity index (χ1) is 22.8. The molecule has 2 saturated heterocycles. The molecule has 3 aliphatic heterocycles. The van der Waals surface area contributed by atoms with Crippen LogP contribution < -0.4 is 9.64 Å². The Morgan fingerprint density at radius 2 is 1.77 bits per heavy atom. The fraction of sp³-hybridized carbons (Fsp3) is 0.639. The van der Waals surface area contributed by atoms with Crippen molar-refractivity contribution in [2.45, 2.75) is 90.8 Å². The highest BCUT2D eigenvalue weighted by molar-refractivity contribution is 5.97. The SMILES string of the molecule is CC(C)OC[C@H]1COc2ncc(Cc3ccc(F)cc3)cc2N1C(=O)CN1C[C@@H](C)N(C(=O)OC(C)(C)C)C[C@@H]1CN1CCOC[C@H]1C. The van der Waals surface area contributed by atoms with Crippen LogP contribution in [-0.4, -0.2) is 127 Å². The highest BCUT2D eigenvalue weighted by Gasteiger charge is 2.41. The Balaban J connectivity index is 1.41. The number of halogens is 1. The number of nitrogens with zero attached hydrogens (tertiary/aromatic N) is 5. The summed E-state index contributed by atoms with van der Waals surface area (Å²) in [5.41, 5.74) is 1.80. The lowest BCUT2D eigenvalue weighted by Gasteiger charge is -2.48. The van der Waals surface area contributed by atoms with Crippen LogP contribution in [-0.2, 0) is 25.4 Å². The van der Waals surface area contributed by atoms with Crippen molar-refractivity contribution in [1.82, 2.24) is 19.7 Å². The number of aromatic nitrogens is 1. The molecule has 0 aliphatic carbocycles. The molecule has 3 aliphatic rings. The second kappa shape index (κ2) is 15.5. The summed E-state index contributed by atoms with van der Waals surface area (Å²) in [4.78, 5) is 40.7. The van der Waals surface area contributed by atoms with Gasteiger partial charge in [0.15, 0.2) is 0 Å². The molecule has 1 aromatic carbocycles. The van der Waals surface area contributed by atoms with Gasteiger partial charge < -0.3 is 23.8 Å². The average Bonchev–Trinajstić information content (AvgIpc) is 3.02. The number of amides is 2. The Hall–Kier alpha value is -3.32. The number of morpholine rings is 1. The number of pyridine rings is 1. The molecule has 2 amide bonds. The Labute approximate surface area is 284 Å². The van der Waals surface area contributed by atoms with Gasteiger partial charge in [0.05, 0.1) is 38.5 Å². The van der Waals surface area contributed by atoms with Gasteiger partial charge in [0, 0.05) is 50.5 Å². The van der Waals surface area contributed by atoms with Gasteiger partial charge in [-0.1, -0.05) is 12.1 Å². The summed E-state index contributed by atoms with van der Waals surface area (Å²) < 4.78 is 37.1. The summed E-state index contributed by atoms with van der Waals surface area (Å²) >= 11 is 0. The van der Waals surface area contributed by atoms with Gasteiger partial charge >= 0.3 is 6.09 Å². The van der Waals surface area contributed by atoms with E-state index in [1.165, 1.54) is 12.1 Å². The van der Waals surface area contributed by atoms with Crippen LogP contribution in [0.25, 0.3) is 0 Å². The molecule has 48 heavy (non-hydrogen) atoms. The quantitative estimate of drug-likeness (QED) is 0.386. The van der Waals surface area contributed by atoms with E-state index in [1.807, 2.05) is 47.6 Å². The van der Waals surface area contributed by atoms with E-state index in [4.69, 9.17) is 18.9 Å². The molecule has 0 unspecified atom stereocenters. The van der Waals surface area contributed by atoms with Gasteiger partial charge in [0.2, 0.25) is 11.8 Å². The first kappa shape index (κ1) is 36.0. The van der Waals surface area contributed by atoms with Crippen LogP contribution in [0.1, 0.15) is 59.6 Å². The minimum Gasteiger partial charge on any atom is -0.474 e. The minimum absolute atomic E-state index is 0.0204. The molecule has 0 N–H and O–H groups in total.